The van der Waals surface area contributed by atoms with Gasteiger partial charge in [0.25, 0.3) is 0 Å². The predicted molar refractivity (Wildman–Crippen MR) is 43.8 cm³/mol. The smallest absolute Gasteiger partial charge is 0.109 e. The summed E-state index contributed by atoms with van der Waals surface area (Å²) in [6.45, 7) is 2.91. The molecule has 0 aromatic carbocycles. The Morgan fingerprint density at radius 2 is 2.33 bits per heavy atom. The molecule has 2 rings (SSSR count). The molecule has 1 fully saturated rings. The fourth-order valence-corrected chi connectivity index (χ4v) is 1.16. The van der Waals surface area contributed by atoms with Crippen molar-refractivity contribution in [3.63, 3.8) is 0 Å². The van der Waals surface area contributed by atoms with Crippen molar-refractivity contribution in [1.29, 1.82) is 0 Å². The highest BCUT2D eigenvalue weighted by molar-refractivity contribution is 5.04. The van der Waals surface area contributed by atoms with E-state index in [-0.39, 0.29) is 0 Å². The molecule has 1 aromatic rings. The molecular formula is C8H13N3O. The molecule has 4 nitrogen and oxygen atoms in total. The number of aromatic nitrogens is 2. The maximum atomic E-state index is 4.59. The average Bonchev–Trinajstić information content (AvgIpc) is 2.78. The van der Waals surface area contributed by atoms with Gasteiger partial charge in [0.15, 0.2) is 0 Å². The first-order valence-corrected chi connectivity index (χ1v) is 4.37. The van der Waals surface area contributed by atoms with E-state index in [1.807, 2.05) is 6.92 Å². The van der Waals surface area contributed by atoms with Crippen LogP contribution < -0.4 is 5.32 Å². The molecule has 0 saturated heterocycles. The molecular weight excluding hydrogens is 154 g/mol. The van der Waals surface area contributed by atoms with Crippen LogP contribution in [-0.4, -0.2) is 22.9 Å². The van der Waals surface area contributed by atoms with Gasteiger partial charge in [-0.3, -0.25) is 0 Å². The van der Waals surface area contributed by atoms with Crippen LogP contribution in [0.15, 0.2) is 4.63 Å². The van der Waals surface area contributed by atoms with Crippen molar-refractivity contribution in [2.75, 3.05) is 6.54 Å². The summed E-state index contributed by atoms with van der Waals surface area (Å²) < 4.78 is 4.59. The van der Waals surface area contributed by atoms with Gasteiger partial charge in [-0.2, -0.15) is 0 Å². The Morgan fingerprint density at radius 3 is 2.92 bits per heavy atom. The third-order valence-electron chi connectivity index (χ3n) is 2.12. The van der Waals surface area contributed by atoms with Crippen molar-refractivity contribution in [2.24, 2.45) is 0 Å². The number of hydrogen-bond acceptors (Lipinski definition) is 4. The Bertz CT molecular complexity index is 255. The molecule has 1 N–H and O–H groups in total. The second-order valence-corrected chi connectivity index (χ2v) is 3.27. The second kappa shape index (κ2) is 3.23. The minimum absolute atomic E-state index is 0.769. The highest BCUT2D eigenvalue weighted by atomic mass is 16.6. The summed E-state index contributed by atoms with van der Waals surface area (Å²) >= 11 is 0. The number of aryl methyl sites for hydroxylation is 1. The Morgan fingerprint density at radius 1 is 1.50 bits per heavy atom. The number of rotatable bonds is 4. The Kier molecular flexibility index (Phi) is 2.08. The van der Waals surface area contributed by atoms with Gasteiger partial charge in [-0.15, -0.1) is 0 Å². The highest BCUT2D eigenvalue weighted by Crippen LogP contribution is 2.18. The first kappa shape index (κ1) is 7.73. The van der Waals surface area contributed by atoms with E-state index >= 15 is 0 Å². The molecule has 0 amide bonds. The van der Waals surface area contributed by atoms with Crippen molar-refractivity contribution in [2.45, 2.75) is 32.2 Å². The van der Waals surface area contributed by atoms with Gasteiger partial charge in [-0.25, -0.2) is 4.63 Å². The van der Waals surface area contributed by atoms with Crippen LogP contribution in [0.4, 0.5) is 0 Å². The van der Waals surface area contributed by atoms with Crippen LogP contribution in [0.1, 0.15) is 24.2 Å². The fourth-order valence-electron chi connectivity index (χ4n) is 1.16. The van der Waals surface area contributed by atoms with E-state index in [9.17, 15) is 0 Å². The van der Waals surface area contributed by atoms with E-state index in [0.717, 1.165) is 30.4 Å². The van der Waals surface area contributed by atoms with Crippen LogP contribution >= 0.6 is 0 Å². The van der Waals surface area contributed by atoms with Crippen molar-refractivity contribution < 1.29 is 4.63 Å². The largest absolute Gasteiger partial charge is 0.314 e. The molecule has 12 heavy (non-hydrogen) atoms. The van der Waals surface area contributed by atoms with E-state index in [1.165, 1.54) is 12.8 Å². The van der Waals surface area contributed by atoms with Crippen molar-refractivity contribution >= 4 is 0 Å². The summed E-state index contributed by atoms with van der Waals surface area (Å²) in [5.41, 5.74) is 1.88. The zero-order valence-electron chi connectivity index (χ0n) is 7.21. The quantitative estimate of drug-likeness (QED) is 0.716. The summed E-state index contributed by atoms with van der Waals surface area (Å²) in [5, 5.41) is 10.9. The minimum atomic E-state index is 0.769. The van der Waals surface area contributed by atoms with Crippen LogP contribution in [-0.2, 0) is 6.42 Å². The van der Waals surface area contributed by atoms with E-state index in [0.29, 0.717) is 0 Å². The number of hydrogen-bond donors (Lipinski definition) is 1. The molecule has 1 aromatic heterocycles. The lowest BCUT2D eigenvalue weighted by Crippen LogP contribution is -2.19. The first-order valence-electron chi connectivity index (χ1n) is 4.37. The Balaban J connectivity index is 1.75. The van der Waals surface area contributed by atoms with E-state index in [4.69, 9.17) is 0 Å². The molecule has 0 atom stereocenters. The van der Waals surface area contributed by atoms with E-state index in [2.05, 4.69) is 20.3 Å². The van der Waals surface area contributed by atoms with Gasteiger partial charge in [-0.1, -0.05) is 10.3 Å². The molecule has 0 spiro atoms. The van der Waals surface area contributed by atoms with Gasteiger partial charge in [0.05, 0.1) is 0 Å². The zero-order valence-corrected chi connectivity index (χ0v) is 7.21. The molecule has 1 saturated carbocycles. The van der Waals surface area contributed by atoms with Crippen LogP contribution in [0, 0.1) is 6.92 Å². The Labute approximate surface area is 71.3 Å². The van der Waals surface area contributed by atoms with Crippen molar-refractivity contribution in [3.8, 4) is 0 Å². The van der Waals surface area contributed by atoms with Gasteiger partial charge >= 0.3 is 0 Å². The summed E-state index contributed by atoms with van der Waals surface area (Å²) in [6.07, 6.45) is 3.58. The first-order chi connectivity index (χ1) is 5.86. The van der Waals surface area contributed by atoms with Crippen LogP contribution in [0.3, 0.4) is 0 Å². The highest BCUT2D eigenvalue weighted by Gasteiger charge is 2.19. The molecule has 66 valence electrons. The monoisotopic (exact) mass is 167 g/mol. The third-order valence-corrected chi connectivity index (χ3v) is 2.12. The predicted octanol–water partition coefficient (Wildman–Crippen LogP) is 0.673. The summed E-state index contributed by atoms with van der Waals surface area (Å²) in [4.78, 5) is 0. The summed E-state index contributed by atoms with van der Waals surface area (Å²) in [5.74, 6) is 0. The SMILES string of the molecule is Cc1nonc1CCNC1CC1. The summed E-state index contributed by atoms with van der Waals surface area (Å²) in [6, 6.07) is 0.769. The fraction of sp³-hybridized carbons (Fsp3) is 0.750. The van der Waals surface area contributed by atoms with Crippen LogP contribution in [0.5, 0.6) is 0 Å². The van der Waals surface area contributed by atoms with E-state index < -0.39 is 0 Å². The molecule has 4 heteroatoms. The molecule has 1 heterocycles. The molecule has 0 bridgehead atoms. The molecule has 1 aliphatic rings. The molecule has 1 aliphatic carbocycles. The Hall–Kier alpha value is -0.900. The van der Waals surface area contributed by atoms with Crippen LogP contribution in [0.25, 0.3) is 0 Å². The summed E-state index contributed by atoms with van der Waals surface area (Å²) in [7, 11) is 0. The maximum Gasteiger partial charge on any atom is 0.109 e. The molecule has 0 unspecified atom stereocenters. The third kappa shape index (κ3) is 1.82. The zero-order chi connectivity index (χ0) is 8.39. The molecule has 0 radical (unpaired) electrons. The van der Waals surface area contributed by atoms with Gasteiger partial charge in [0.1, 0.15) is 11.4 Å². The van der Waals surface area contributed by atoms with Crippen molar-refractivity contribution in [3.05, 3.63) is 11.4 Å². The lowest BCUT2D eigenvalue weighted by atomic mass is 10.2. The lowest BCUT2D eigenvalue weighted by molar-refractivity contribution is 0.301. The maximum absolute atomic E-state index is 4.59. The van der Waals surface area contributed by atoms with E-state index in [1.54, 1.807) is 0 Å². The molecule has 0 aliphatic heterocycles. The number of nitrogens with zero attached hydrogens (tertiary/aromatic N) is 2. The van der Waals surface area contributed by atoms with Crippen molar-refractivity contribution in [1.82, 2.24) is 15.6 Å². The van der Waals surface area contributed by atoms with Gasteiger partial charge in [0, 0.05) is 19.0 Å². The number of nitrogens with one attached hydrogen (secondary N) is 1. The van der Waals surface area contributed by atoms with Gasteiger partial charge in [0.2, 0.25) is 0 Å². The average molecular weight is 167 g/mol. The standard InChI is InChI=1S/C8H13N3O/c1-6-8(11-12-10-6)4-5-9-7-2-3-7/h7,9H,2-5H2,1H3. The second-order valence-electron chi connectivity index (χ2n) is 3.27. The van der Waals surface area contributed by atoms with Gasteiger partial charge in [-0.05, 0) is 19.8 Å². The topological polar surface area (TPSA) is 51.0 Å². The minimum Gasteiger partial charge on any atom is -0.314 e. The lowest BCUT2D eigenvalue weighted by Gasteiger charge is -1.98. The van der Waals surface area contributed by atoms with Crippen LogP contribution in [0.2, 0.25) is 0 Å². The van der Waals surface area contributed by atoms with Gasteiger partial charge < -0.3 is 5.32 Å². The normalized spacial score (nSPS) is 16.8.